The van der Waals surface area contributed by atoms with Gasteiger partial charge in [0.25, 0.3) is 5.91 Å². The summed E-state index contributed by atoms with van der Waals surface area (Å²) in [5.41, 5.74) is 6.94. The molecule has 0 bridgehead atoms. The number of hydrogen-bond acceptors (Lipinski definition) is 6. The van der Waals surface area contributed by atoms with E-state index in [1.807, 2.05) is 0 Å². The predicted octanol–water partition coefficient (Wildman–Crippen LogP) is 2.48. The summed E-state index contributed by atoms with van der Waals surface area (Å²) in [5, 5.41) is 10.0. The van der Waals surface area contributed by atoms with E-state index in [1.54, 1.807) is 30.3 Å². The smallest absolute Gasteiger partial charge is 0.255 e. The Bertz CT molecular complexity index is 1260. The number of pyridine rings is 1. The van der Waals surface area contributed by atoms with Crippen LogP contribution >= 0.6 is 0 Å². The zero-order valence-corrected chi connectivity index (χ0v) is 20.7. The number of aryl methyl sites for hydroxylation is 1. The van der Waals surface area contributed by atoms with Crippen LogP contribution in [0.1, 0.15) is 35.2 Å². The van der Waals surface area contributed by atoms with Crippen LogP contribution in [0.15, 0.2) is 42.7 Å². The summed E-state index contributed by atoms with van der Waals surface area (Å²) >= 11 is 0. The van der Waals surface area contributed by atoms with Crippen LogP contribution in [0, 0.1) is 11.6 Å². The van der Waals surface area contributed by atoms with Gasteiger partial charge in [-0.05, 0) is 49.6 Å². The van der Waals surface area contributed by atoms with Crippen LogP contribution in [-0.2, 0) is 18.3 Å². The molecule has 1 atom stereocenters. The van der Waals surface area contributed by atoms with E-state index in [4.69, 9.17) is 5.73 Å². The van der Waals surface area contributed by atoms with E-state index in [2.05, 4.69) is 20.7 Å². The van der Waals surface area contributed by atoms with Crippen molar-refractivity contribution >= 4 is 17.6 Å². The second kappa shape index (κ2) is 11.9. The Morgan fingerprint density at radius 3 is 2.84 bits per heavy atom. The second-order valence-corrected chi connectivity index (χ2v) is 9.06. The van der Waals surface area contributed by atoms with Crippen LogP contribution < -0.4 is 16.4 Å². The summed E-state index contributed by atoms with van der Waals surface area (Å²) in [5.74, 6) is -1.25. The van der Waals surface area contributed by atoms with Crippen molar-refractivity contribution in [2.75, 3.05) is 31.5 Å². The predicted molar refractivity (Wildman–Crippen MR) is 136 cm³/mol. The minimum absolute atomic E-state index is 0.0425. The molecule has 3 aromatic rings. The van der Waals surface area contributed by atoms with Crippen molar-refractivity contribution < 1.29 is 18.4 Å². The molecule has 4 rings (SSSR count). The van der Waals surface area contributed by atoms with Gasteiger partial charge in [0.2, 0.25) is 5.91 Å². The monoisotopic (exact) mass is 511 g/mol. The topological polar surface area (TPSA) is 118 Å². The molecule has 37 heavy (non-hydrogen) atoms. The molecule has 4 N–H and O–H groups in total. The number of nitrogens with one attached hydrogen (secondary N) is 2. The van der Waals surface area contributed by atoms with Crippen LogP contribution in [-0.4, -0.2) is 63.7 Å². The van der Waals surface area contributed by atoms with Gasteiger partial charge in [-0.1, -0.05) is 12.1 Å². The van der Waals surface area contributed by atoms with Gasteiger partial charge in [0, 0.05) is 50.9 Å². The summed E-state index contributed by atoms with van der Waals surface area (Å²) in [6.07, 6.45) is 5.34. The van der Waals surface area contributed by atoms with Crippen LogP contribution in [0.2, 0.25) is 0 Å². The van der Waals surface area contributed by atoms with Gasteiger partial charge in [-0.25, -0.2) is 13.8 Å². The normalized spacial score (nSPS) is 15.3. The maximum absolute atomic E-state index is 15.1. The molecule has 0 unspecified atom stereocenters. The molecular weight excluding hydrogens is 480 g/mol. The Balaban J connectivity index is 1.52. The lowest BCUT2D eigenvalue weighted by atomic mass is 10.1. The van der Waals surface area contributed by atoms with Crippen molar-refractivity contribution in [1.82, 2.24) is 25.0 Å². The average molecular weight is 512 g/mol. The zero-order valence-electron chi connectivity index (χ0n) is 20.7. The number of halogens is 2. The number of benzene rings is 1. The lowest BCUT2D eigenvalue weighted by molar-refractivity contribution is -0.128. The van der Waals surface area contributed by atoms with Crippen molar-refractivity contribution in [3.05, 3.63) is 65.5 Å². The van der Waals surface area contributed by atoms with Gasteiger partial charge in [0.05, 0.1) is 11.8 Å². The Morgan fingerprint density at radius 2 is 2.11 bits per heavy atom. The van der Waals surface area contributed by atoms with Crippen molar-refractivity contribution in [1.29, 1.82) is 0 Å². The number of amides is 2. The number of nitrogens with two attached hydrogens (primary N) is 1. The fourth-order valence-corrected chi connectivity index (χ4v) is 4.44. The Labute approximate surface area is 214 Å². The van der Waals surface area contributed by atoms with Gasteiger partial charge in [0.1, 0.15) is 17.3 Å². The molecule has 1 aliphatic heterocycles. The lowest BCUT2D eigenvalue weighted by Gasteiger charge is -2.25. The summed E-state index contributed by atoms with van der Waals surface area (Å²) in [6.45, 7) is 1.60. The SMILES string of the molecule is Cn1cc(-c2nc(NCCc3cccc(F)c3)c(C(=O)NC[C@H]3CCC(=O)N3CCCN)cc2F)cn1. The standard InChI is InChI=1S/C26H31F2N7O2/c1-34-16-18(14-32-34)24-22(28)13-21(25(33-24)30-10-8-17-4-2-5-19(27)12-17)26(37)31-15-20-6-7-23(36)35(20)11-3-9-29/h2,4-5,12-14,16,20H,3,6-11,15,29H2,1H3,(H,30,33)(H,31,37)/t20-/m1/s1. The van der Waals surface area contributed by atoms with Crippen molar-refractivity contribution in [3.8, 4) is 11.3 Å². The highest BCUT2D eigenvalue weighted by Crippen LogP contribution is 2.26. The van der Waals surface area contributed by atoms with Crippen LogP contribution in [0.4, 0.5) is 14.6 Å². The van der Waals surface area contributed by atoms with E-state index in [-0.39, 0.29) is 41.4 Å². The van der Waals surface area contributed by atoms with Crippen molar-refractivity contribution in [2.45, 2.75) is 31.7 Å². The Kier molecular flexibility index (Phi) is 8.44. The molecule has 2 amide bonds. The molecule has 0 spiro atoms. The number of rotatable bonds is 11. The van der Waals surface area contributed by atoms with E-state index in [0.29, 0.717) is 50.9 Å². The summed E-state index contributed by atoms with van der Waals surface area (Å²) in [4.78, 5) is 31.5. The highest BCUT2D eigenvalue weighted by Gasteiger charge is 2.31. The van der Waals surface area contributed by atoms with E-state index < -0.39 is 11.7 Å². The number of hydrogen-bond donors (Lipinski definition) is 3. The lowest BCUT2D eigenvalue weighted by Crippen LogP contribution is -2.42. The van der Waals surface area contributed by atoms with Crippen molar-refractivity contribution in [3.63, 3.8) is 0 Å². The third kappa shape index (κ3) is 6.48. The molecule has 3 heterocycles. The van der Waals surface area contributed by atoms with Gasteiger partial charge < -0.3 is 21.3 Å². The average Bonchev–Trinajstić information content (AvgIpc) is 3.46. The van der Waals surface area contributed by atoms with E-state index >= 15 is 4.39 Å². The Hall–Kier alpha value is -3.86. The molecule has 1 aliphatic rings. The Morgan fingerprint density at radius 1 is 1.27 bits per heavy atom. The third-order valence-electron chi connectivity index (χ3n) is 6.35. The van der Waals surface area contributed by atoms with Gasteiger partial charge >= 0.3 is 0 Å². The molecule has 1 fully saturated rings. The zero-order chi connectivity index (χ0) is 26.4. The molecule has 0 aliphatic carbocycles. The van der Waals surface area contributed by atoms with Gasteiger partial charge in [-0.15, -0.1) is 0 Å². The second-order valence-electron chi connectivity index (χ2n) is 9.06. The number of aromatic nitrogens is 3. The fourth-order valence-electron chi connectivity index (χ4n) is 4.44. The van der Waals surface area contributed by atoms with E-state index in [0.717, 1.165) is 11.6 Å². The minimum atomic E-state index is -0.658. The summed E-state index contributed by atoms with van der Waals surface area (Å²) < 4.78 is 30.2. The van der Waals surface area contributed by atoms with Crippen LogP contribution in [0.5, 0.6) is 0 Å². The maximum atomic E-state index is 15.1. The molecule has 9 nitrogen and oxygen atoms in total. The van der Waals surface area contributed by atoms with E-state index in [1.165, 1.54) is 23.0 Å². The molecule has 1 aromatic carbocycles. The number of carbonyl (C=O) groups excluding carboxylic acids is 2. The first kappa shape index (κ1) is 26.2. The summed E-state index contributed by atoms with van der Waals surface area (Å²) in [7, 11) is 1.71. The molecular formula is C26H31F2N7O2. The van der Waals surface area contributed by atoms with Crippen LogP contribution in [0.3, 0.4) is 0 Å². The molecule has 11 heteroatoms. The highest BCUT2D eigenvalue weighted by molar-refractivity contribution is 5.99. The largest absolute Gasteiger partial charge is 0.369 e. The first-order valence-corrected chi connectivity index (χ1v) is 12.3. The van der Waals surface area contributed by atoms with Gasteiger partial charge in [-0.3, -0.25) is 14.3 Å². The number of anilines is 1. The summed E-state index contributed by atoms with van der Waals surface area (Å²) in [6, 6.07) is 7.26. The first-order chi connectivity index (χ1) is 17.9. The van der Waals surface area contributed by atoms with Crippen LogP contribution in [0.25, 0.3) is 11.3 Å². The minimum Gasteiger partial charge on any atom is -0.369 e. The quantitative estimate of drug-likeness (QED) is 0.364. The number of nitrogens with zero attached hydrogens (tertiary/aromatic N) is 4. The fraction of sp³-hybridized carbons (Fsp3) is 0.385. The van der Waals surface area contributed by atoms with E-state index in [9.17, 15) is 14.0 Å². The third-order valence-corrected chi connectivity index (χ3v) is 6.35. The molecule has 0 saturated carbocycles. The van der Waals surface area contributed by atoms with Gasteiger partial charge in [-0.2, -0.15) is 5.10 Å². The molecule has 2 aromatic heterocycles. The molecule has 196 valence electrons. The first-order valence-electron chi connectivity index (χ1n) is 12.3. The number of carbonyl (C=O) groups is 2. The number of likely N-dealkylation sites (tertiary alicyclic amines) is 1. The molecule has 0 radical (unpaired) electrons. The van der Waals surface area contributed by atoms with Crippen molar-refractivity contribution in [2.24, 2.45) is 12.8 Å². The maximum Gasteiger partial charge on any atom is 0.255 e. The molecule has 1 saturated heterocycles. The van der Waals surface area contributed by atoms with Gasteiger partial charge in [0.15, 0.2) is 5.82 Å². The highest BCUT2D eigenvalue weighted by atomic mass is 19.1.